The molecule has 0 aliphatic carbocycles. The molecular formula is C5H10N2O2. The minimum absolute atomic E-state index is 0.308. The molecule has 0 aromatic carbocycles. The van der Waals surface area contributed by atoms with Crippen LogP contribution < -0.4 is 5.73 Å². The number of nitrogens with two attached hydrogens (primary N) is 1. The maximum atomic E-state index is 9.95. The van der Waals surface area contributed by atoms with Crippen molar-refractivity contribution in [2.75, 3.05) is 6.54 Å². The zero-order chi connectivity index (χ0) is 7.28. The molecule has 0 saturated heterocycles. The molecule has 0 spiro atoms. The highest BCUT2D eigenvalue weighted by Crippen LogP contribution is 1.77. The molecular weight excluding hydrogens is 120 g/mol. The monoisotopic (exact) mass is 130 g/mol. The van der Waals surface area contributed by atoms with Crippen LogP contribution in [-0.2, 0) is 4.79 Å². The number of carboxylic acids is 1. The lowest BCUT2D eigenvalue weighted by Gasteiger charge is -1.89. The van der Waals surface area contributed by atoms with Crippen molar-refractivity contribution >= 4 is 11.8 Å². The van der Waals surface area contributed by atoms with E-state index in [9.17, 15) is 4.79 Å². The Labute approximate surface area is 53.4 Å². The Morgan fingerprint density at radius 2 is 2.33 bits per heavy atom. The SMILES string of the molecule is CCCN=C(N)C(=O)O. The zero-order valence-electron chi connectivity index (χ0n) is 5.29. The summed E-state index contributed by atoms with van der Waals surface area (Å²) in [5.74, 6) is -1.46. The highest BCUT2D eigenvalue weighted by atomic mass is 16.4. The smallest absolute Gasteiger partial charge is 0.370 e. The highest BCUT2D eigenvalue weighted by molar-refractivity contribution is 6.33. The van der Waals surface area contributed by atoms with Gasteiger partial charge in [0.2, 0.25) is 5.84 Å². The van der Waals surface area contributed by atoms with Crippen molar-refractivity contribution < 1.29 is 9.90 Å². The van der Waals surface area contributed by atoms with Crippen LogP contribution in [0.2, 0.25) is 0 Å². The van der Waals surface area contributed by atoms with Crippen molar-refractivity contribution in [3.8, 4) is 0 Å². The molecule has 9 heavy (non-hydrogen) atoms. The fourth-order valence-corrected chi connectivity index (χ4v) is 0.300. The van der Waals surface area contributed by atoms with Gasteiger partial charge in [0.05, 0.1) is 0 Å². The first kappa shape index (κ1) is 7.94. The molecule has 0 aliphatic rings. The van der Waals surface area contributed by atoms with Crippen LogP contribution in [0, 0.1) is 0 Å². The van der Waals surface area contributed by atoms with E-state index in [1.165, 1.54) is 0 Å². The standard InChI is InChI=1S/C5H10N2O2/c1-2-3-7-4(6)5(8)9/h2-3H2,1H3,(H2,6,7)(H,8,9). The Morgan fingerprint density at radius 3 is 2.67 bits per heavy atom. The number of carbonyl (C=O) groups is 1. The number of amidine groups is 1. The van der Waals surface area contributed by atoms with E-state index in [0.717, 1.165) is 6.42 Å². The van der Waals surface area contributed by atoms with Crippen LogP contribution in [0.1, 0.15) is 13.3 Å². The lowest BCUT2D eigenvalue weighted by atomic mass is 10.5. The van der Waals surface area contributed by atoms with Crippen LogP contribution in [0.15, 0.2) is 4.99 Å². The topological polar surface area (TPSA) is 75.7 Å². The molecule has 4 heteroatoms. The Balaban J connectivity index is 3.69. The van der Waals surface area contributed by atoms with Gasteiger partial charge in [-0.3, -0.25) is 4.99 Å². The summed E-state index contributed by atoms with van der Waals surface area (Å²) in [6.07, 6.45) is 0.813. The molecule has 4 nitrogen and oxygen atoms in total. The van der Waals surface area contributed by atoms with Gasteiger partial charge in [0.1, 0.15) is 0 Å². The normalized spacial score (nSPS) is 11.4. The van der Waals surface area contributed by atoms with Gasteiger partial charge in [0.15, 0.2) is 0 Å². The van der Waals surface area contributed by atoms with Crippen molar-refractivity contribution in [2.24, 2.45) is 10.7 Å². The van der Waals surface area contributed by atoms with E-state index in [2.05, 4.69) is 4.99 Å². The van der Waals surface area contributed by atoms with Gasteiger partial charge in [-0.15, -0.1) is 0 Å². The average Bonchev–Trinajstić information content (AvgIpc) is 1.82. The molecule has 0 aromatic rings. The number of aliphatic imine (C=N–C) groups is 1. The Morgan fingerprint density at radius 1 is 1.78 bits per heavy atom. The quantitative estimate of drug-likeness (QED) is 0.402. The van der Waals surface area contributed by atoms with Gasteiger partial charge in [-0.1, -0.05) is 6.92 Å². The molecule has 3 N–H and O–H groups in total. The predicted octanol–water partition coefficient (Wildman–Crippen LogP) is -0.162. The molecule has 0 aromatic heterocycles. The summed E-state index contributed by atoms with van der Waals surface area (Å²) in [6, 6.07) is 0. The second-order valence-corrected chi connectivity index (χ2v) is 1.57. The van der Waals surface area contributed by atoms with E-state index in [1.54, 1.807) is 0 Å². The second-order valence-electron chi connectivity index (χ2n) is 1.57. The first-order valence-electron chi connectivity index (χ1n) is 2.71. The Bertz CT molecular complexity index is 131. The number of nitrogens with zero attached hydrogens (tertiary/aromatic N) is 1. The first-order valence-corrected chi connectivity index (χ1v) is 2.71. The molecule has 0 amide bonds. The highest BCUT2D eigenvalue weighted by Gasteiger charge is 1.99. The van der Waals surface area contributed by atoms with E-state index in [1.807, 2.05) is 6.92 Å². The van der Waals surface area contributed by atoms with Crippen LogP contribution in [0.25, 0.3) is 0 Å². The number of hydrogen-bond acceptors (Lipinski definition) is 2. The van der Waals surface area contributed by atoms with Crippen LogP contribution in [0.4, 0.5) is 0 Å². The van der Waals surface area contributed by atoms with Crippen molar-refractivity contribution in [2.45, 2.75) is 13.3 Å². The van der Waals surface area contributed by atoms with E-state index >= 15 is 0 Å². The van der Waals surface area contributed by atoms with Gasteiger partial charge < -0.3 is 10.8 Å². The molecule has 0 heterocycles. The number of rotatable bonds is 2. The summed E-state index contributed by atoms with van der Waals surface area (Å²) in [5, 5.41) is 8.15. The summed E-state index contributed by atoms with van der Waals surface area (Å²) in [6.45, 7) is 2.39. The molecule has 52 valence electrons. The van der Waals surface area contributed by atoms with Crippen molar-refractivity contribution in [1.29, 1.82) is 0 Å². The molecule has 0 radical (unpaired) electrons. The molecule has 0 saturated carbocycles. The van der Waals surface area contributed by atoms with E-state index in [-0.39, 0.29) is 5.84 Å². The van der Waals surface area contributed by atoms with Crippen LogP contribution in [-0.4, -0.2) is 23.5 Å². The third kappa shape index (κ3) is 3.52. The van der Waals surface area contributed by atoms with Crippen LogP contribution >= 0.6 is 0 Å². The summed E-state index contributed by atoms with van der Waals surface area (Å²) in [5.41, 5.74) is 4.95. The Kier molecular flexibility index (Phi) is 3.43. The van der Waals surface area contributed by atoms with Crippen molar-refractivity contribution in [3.63, 3.8) is 0 Å². The molecule has 0 atom stereocenters. The van der Waals surface area contributed by atoms with Crippen molar-refractivity contribution in [3.05, 3.63) is 0 Å². The molecule has 0 fully saturated rings. The van der Waals surface area contributed by atoms with E-state index in [0.29, 0.717) is 6.54 Å². The molecule has 0 aliphatic heterocycles. The lowest BCUT2D eigenvalue weighted by molar-refractivity contribution is -0.129. The number of hydrogen-bond donors (Lipinski definition) is 2. The fraction of sp³-hybridized carbons (Fsp3) is 0.600. The second kappa shape index (κ2) is 3.88. The molecule has 0 rings (SSSR count). The largest absolute Gasteiger partial charge is 0.475 e. The summed E-state index contributed by atoms with van der Waals surface area (Å²) < 4.78 is 0. The summed E-state index contributed by atoms with van der Waals surface area (Å²) >= 11 is 0. The fourth-order valence-electron chi connectivity index (χ4n) is 0.300. The average molecular weight is 130 g/mol. The van der Waals surface area contributed by atoms with Crippen molar-refractivity contribution in [1.82, 2.24) is 0 Å². The number of aliphatic carboxylic acids is 1. The minimum atomic E-state index is -1.15. The molecule has 0 unspecified atom stereocenters. The third-order valence-corrected chi connectivity index (χ3v) is 0.725. The minimum Gasteiger partial charge on any atom is -0.475 e. The summed E-state index contributed by atoms with van der Waals surface area (Å²) in [7, 11) is 0. The van der Waals surface area contributed by atoms with Gasteiger partial charge in [-0.05, 0) is 6.42 Å². The van der Waals surface area contributed by atoms with Gasteiger partial charge in [0, 0.05) is 6.54 Å². The predicted molar refractivity (Wildman–Crippen MR) is 34.4 cm³/mol. The van der Waals surface area contributed by atoms with Crippen LogP contribution in [0.3, 0.4) is 0 Å². The van der Waals surface area contributed by atoms with Gasteiger partial charge >= 0.3 is 5.97 Å². The van der Waals surface area contributed by atoms with E-state index in [4.69, 9.17) is 10.8 Å². The zero-order valence-corrected chi connectivity index (χ0v) is 5.29. The van der Waals surface area contributed by atoms with E-state index < -0.39 is 5.97 Å². The maximum Gasteiger partial charge on any atom is 0.370 e. The van der Waals surface area contributed by atoms with Crippen LogP contribution in [0.5, 0.6) is 0 Å². The summed E-state index contributed by atoms with van der Waals surface area (Å²) in [4.78, 5) is 13.5. The first-order chi connectivity index (χ1) is 4.18. The van der Waals surface area contributed by atoms with Gasteiger partial charge in [-0.2, -0.15) is 0 Å². The Hall–Kier alpha value is -1.06. The number of carboxylic acid groups (broad SMARTS) is 1. The van der Waals surface area contributed by atoms with Gasteiger partial charge in [-0.25, -0.2) is 4.79 Å². The van der Waals surface area contributed by atoms with Gasteiger partial charge in [0.25, 0.3) is 0 Å². The maximum absolute atomic E-state index is 9.95. The third-order valence-electron chi connectivity index (χ3n) is 0.725. The molecule has 0 bridgehead atoms. The lowest BCUT2D eigenvalue weighted by Crippen LogP contribution is -2.23.